The van der Waals surface area contributed by atoms with Crippen molar-refractivity contribution < 1.29 is 0 Å². The quantitative estimate of drug-likeness (QED) is 0.651. The van der Waals surface area contributed by atoms with Crippen LogP contribution < -0.4 is 5.32 Å². The van der Waals surface area contributed by atoms with E-state index in [0.29, 0.717) is 0 Å². The van der Waals surface area contributed by atoms with Crippen molar-refractivity contribution in [2.75, 3.05) is 6.54 Å². The Morgan fingerprint density at radius 2 is 1.67 bits per heavy atom. The summed E-state index contributed by atoms with van der Waals surface area (Å²) in [6.45, 7) is 14.5. The fraction of sp³-hybridized carbons (Fsp3) is 0.857. The molecule has 0 aliphatic heterocycles. The first-order chi connectivity index (χ1) is 6.92. The number of hydrogen-bond acceptors (Lipinski definition) is 1. The molecule has 90 valence electrons. The largest absolute Gasteiger partial charge is 0.308 e. The molecule has 0 radical (unpaired) electrons. The molecule has 0 unspecified atom stereocenters. The Balaban J connectivity index is 4.23. The van der Waals surface area contributed by atoms with Gasteiger partial charge in [0.1, 0.15) is 0 Å². The van der Waals surface area contributed by atoms with E-state index < -0.39 is 0 Å². The Kier molecular flexibility index (Phi) is 6.91. The van der Waals surface area contributed by atoms with Crippen LogP contribution in [0.3, 0.4) is 0 Å². The minimum absolute atomic E-state index is 0.224. The number of hydrogen-bond donors (Lipinski definition) is 1. The van der Waals surface area contributed by atoms with Gasteiger partial charge in [0.05, 0.1) is 0 Å². The Morgan fingerprint density at radius 3 is 2.00 bits per heavy atom. The summed E-state index contributed by atoms with van der Waals surface area (Å²) in [6, 6.07) is 0. The summed E-state index contributed by atoms with van der Waals surface area (Å²) in [4.78, 5) is 0. The summed E-state index contributed by atoms with van der Waals surface area (Å²) >= 11 is 0. The van der Waals surface area contributed by atoms with E-state index in [2.05, 4.69) is 52.9 Å². The second kappa shape index (κ2) is 7.05. The third-order valence-electron chi connectivity index (χ3n) is 2.82. The van der Waals surface area contributed by atoms with Crippen molar-refractivity contribution in [3.8, 4) is 0 Å². The molecule has 0 aliphatic rings. The van der Waals surface area contributed by atoms with Gasteiger partial charge < -0.3 is 5.32 Å². The molecule has 0 rings (SSSR count). The highest BCUT2D eigenvalue weighted by molar-refractivity contribution is 5.06. The van der Waals surface area contributed by atoms with Gasteiger partial charge in [-0.3, -0.25) is 0 Å². The zero-order valence-corrected chi connectivity index (χ0v) is 11.5. The average Bonchev–Trinajstić information content (AvgIpc) is 2.17. The Bertz CT molecular complexity index is 182. The van der Waals surface area contributed by atoms with Crippen molar-refractivity contribution >= 4 is 0 Å². The fourth-order valence-corrected chi connectivity index (χ4v) is 1.54. The van der Waals surface area contributed by atoms with Crippen LogP contribution in [-0.4, -0.2) is 12.1 Å². The molecule has 0 bridgehead atoms. The maximum Gasteiger partial charge on any atom is 0.0169 e. The van der Waals surface area contributed by atoms with E-state index in [1.807, 2.05) is 0 Å². The molecule has 1 nitrogen and oxygen atoms in total. The SMILES string of the molecule is CCC(=CC(CC)CC)CNC(C)(C)C. The molecule has 15 heavy (non-hydrogen) atoms. The number of allylic oxidation sites excluding steroid dienone is 1. The first kappa shape index (κ1) is 14.7. The minimum Gasteiger partial charge on any atom is -0.308 e. The number of nitrogens with one attached hydrogen (secondary N) is 1. The van der Waals surface area contributed by atoms with Gasteiger partial charge in [-0.2, -0.15) is 0 Å². The standard InChI is InChI=1S/C14H29N/c1-7-12(8-2)10-13(9-3)11-15-14(4,5)6/h10,12,15H,7-9,11H2,1-6H3. The topological polar surface area (TPSA) is 12.0 Å². The Hall–Kier alpha value is -0.300. The first-order valence-corrected chi connectivity index (χ1v) is 6.37. The van der Waals surface area contributed by atoms with E-state index in [0.717, 1.165) is 12.5 Å². The van der Waals surface area contributed by atoms with Crippen molar-refractivity contribution in [2.24, 2.45) is 5.92 Å². The molecular weight excluding hydrogens is 182 g/mol. The second-order valence-electron chi connectivity index (χ2n) is 5.36. The normalized spacial score (nSPS) is 13.7. The van der Waals surface area contributed by atoms with E-state index in [1.54, 1.807) is 5.57 Å². The van der Waals surface area contributed by atoms with Gasteiger partial charge >= 0.3 is 0 Å². The number of rotatable bonds is 6. The van der Waals surface area contributed by atoms with Gasteiger partial charge in [-0.05, 0) is 46.0 Å². The lowest BCUT2D eigenvalue weighted by Gasteiger charge is -2.22. The predicted molar refractivity (Wildman–Crippen MR) is 70.2 cm³/mol. The maximum atomic E-state index is 3.56. The lowest BCUT2D eigenvalue weighted by atomic mass is 9.98. The molecule has 0 spiro atoms. The van der Waals surface area contributed by atoms with Crippen molar-refractivity contribution in [3.63, 3.8) is 0 Å². The molecule has 0 aliphatic carbocycles. The van der Waals surface area contributed by atoms with Crippen LogP contribution in [-0.2, 0) is 0 Å². The highest BCUT2D eigenvalue weighted by atomic mass is 14.9. The van der Waals surface area contributed by atoms with Gasteiger partial charge in [0, 0.05) is 12.1 Å². The molecular formula is C14H29N. The van der Waals surface area contributed by atoms with Crippen molar-refractivity contribution in [1.29, 1.82) is 0 Å². The molecule has 0 saturated carbocycles. The molecule has 0 heterocycles. The highest BCUT2D eigenvalue weighted by Gasteiger charge is 2.09. The van der Waals surface area contributed by atoms with Gasteiger partial charge in [0.25, 0.3) is 0 Å². The zero-order valence-electron chi connectivity index (χ0n) is 11.5. The third kappa shape index (κ3) is 7.61. The molecule has 0 fully saturated rings. The average molecular weight is 211 g/mol. The van der Waals surface area contributed by atoms with E-state index in [9.17, 15) is 0 Å². The summed E-state index contributed by atoms with van der Waals surface area (Å²) in [6.07, 6.45) is 6.16. The predicted octanol–water partition coefficient (Wildman–Crippen LogP) is 4.15. The smallest absolute Gasteiger partial charge is 0.0169 e. The van der Waals surface area contributed by atoms with Crippen LogP contribution in [0.5, 0.6) is 0 Å². The second-order valence-corrected chi connectivity index (χ2v) is 5.36. The Labute approximate surface area is 96.3 Å². The zero-order chi connectivity index (χ0) is 11.9. The van der Waals surface area contributed by atoms with Gasteiger partial charge in [0.2, 0.25) is 0 Å². The third-order valence-corrected chi connectivity index (χ3v) is 2.82. The van der Waals surface area contributed by atoms with Crippen LogP contribution in [0.25, 0.3) is 0 Å². The van der Waals surface area contributed by atoms with E-state index in [-0.39, 0.29) is 5.54 Å². The monoisotopic (exact) mass is 211 g/mol. The highest BCUT2D eigenvalue weighted by Crippen LogP contribution is 2.14. The molecule has 0 aromatic carbocycles. The van der Waals surface area contributed by atoms with E-state index >= 15 is 0 Å². The Morgan fingerprint density at radius 1 is 1.13 bits per heavy atom. The molecule has 0 aromatic rings. The van der Waals surface area contributed by atoms with Gasteiger partial charge in [0.15, 0.2) is 0 Å². The van der Waals surface area contributed by atoms with Crippen LogP contribution in [0, 0.1) is 5.92 Å². The van der Waals surface area contributed by atoms with E-state index in [4.69, 9.17) is 0 Å². The van der Waals surface area contributed by atoms with Crippen LogP contribution in [0.4, 0.5) is 0 Å². The summed E-state index contributed by atoms with van der Waals surface area (Å²) in [5.74, 6) is 0.765. The molecule has 0 saturated heterocycles. The molecule has 0 atom stereocenters. The van der Waals surface area contributed by atoms with Crippen molar-refractivity contribution in [2.45, 2.75) is 66.3 Å². The van der Waals surface area contributed by atoms with E-state index in [1.165, 1.54) is 19.3 Å². The van der Waals surface area contributed by atoms with Crippen LogP contribution in [0.15, 0.2) is 11.6 Å². The minimum atomic E-state index is 0.224. The van der Waals surface area contributed by atoms with Crippen molar-refractivity contribution in [3.05, 3.63) is 11.6 Å². The summed E-state index contributed by atoms with van der Waals surface area (Å²) in [5, 5.41) is 3.56. The van der Waals surface area contributed by atoms with Gasteiger partial charge in [-0.1, -0.05) is 32.4 Å². The summed E-state index contributed by atoms with van der Waals surface area (Å²) in [5.41, 5.74) is 1.78. The molecule has 0 aromatic heterocycles. The van der Waals surface area contributed by atoms with Gasteiger partial charge in [-0.15, -0.1) is 0 Å². The van der Waals surface area contributed by atoms with Crippen LogP contribution >= 0.6 is 0 Å². The van der Waals surface area contributed by atoms with Crippen LogP contribution in [0.2, 0.25) is 0 Å². The summed E-state index contributed by atoms with van der Waals surface area (Å²) in [7, 11) is 0. The first-order valence-electron chi connectivity index (χ1n) is 6.37. The molecule has 0 amide bonds. The fourth-order valence-electron chi connectivity index (χ4n) is 1.54. The maximum absolute atomic E-state index is 3.56. The molecule has 1 heteroatoms. The van der Waals surface area contributed by atoms with Crippen LogP contribution in [0.1, 0.15) is 60.8 Å². The molecule has 1 N–H and O–H groups in total. The van der Waals surface area contributed by atoms with Crippen molar-refractivity contribution in [1.82, 2.24) is 5.32 Å². The van der Waals surface area contributed by atoms with Gasteiger partial charge in [-0.25, -0.2) is 0 Å². The lowest BCUT2D eigenvalue weighted by molar-refractivity contribution is 0.441. The summed E-state index contributed by atoms with van der Waals surface area (Å²) < 4.78 is 0. The lowest BCUT2D eigenvalue weighted by Crippen LogP contribution is -2.37.